The van der Waals surface area contributed by atoms with Crippen molar-refractivity contribution in [2.24, 2.45) is 0 Å². The summed E-state index contributed by atoms with van der Waals surface area (Å²) < 4.78 is 44.0. The Kier molecular flexibility index (Phi) is 14.6. The maximum absolute atomic E-state index is 6.70. The van der Waals surface area contributed by atoms with Gasteiger partial charge >= 0.3 is 0 Å². The number of hydrogen-bond donors (Lipinski definition) is 0. The van der Waals surface area contributed by atoms with Gasteiger partial charge in [0, 0.05) is 156 Å². The molecule has 0 N–H and O–H groups in total. The largest absolute Gasteiger partial charge is 0.456 e. The van der Waals surface area contributed by atoms with Crippen molar-refractivity contribution in [3.8, 4) is 0 Å². The van der Waals surface area contributed by atoms with Crippen molar-refractivity contribution in [2.45, 2.75) is 6.42 Å². The van der Waals surface area contributed by atoms with Crippen molar-refractivity contribution in [1.29, 1.82) is 0 Å². The molecular weight excluding hydrogens is 1400 g/mol. The molecule has 0 saturated carbocycles. The Bertz CT molecular complexity index is 7430. The summed E-state index contributed by atoms with van der Waals surface area (Å²) in [5.41, 5.74) is 20.7. The van der Waals surface area contributed by atoms with Crippen LogP contribution in [-0.4, -0.2) is 0 Å². The van der Waals surface area contributed by atoms with Gasteiger partial charge in [0.25, 0.3) is 0 Å². The third kappa shape index (κ3) is 10.8. The highest BCUT2D eigenvalue weighted by Crippen LogP contribution is 2.46. The van der Waals surface area contributed by atoms with Crippen LogP contribution in [0.1, 0.15) is 11.1 Å². The number of rotatable bonds is 8. The van der Waals surface area contributed by atoms with Gasteiger partial charge in [-0.05, 0) is 209 Å². The first-order chi connectivity index (χ1) is 54.2. The second-order valence-corrected chi connectivity index (χ2v) is 29.0. The standard InChI is InChI=1S/C58H34N2O4.C22H10Cl2O2.C19H14O/c1-3-11-37(12-4-1)59(39-19-23-45-43-15-7-9-17-51(43)61-55(45)31-39)41-21-25-47-49-27-35-30-54-50(28-36(35)29-53(49)63-57(47)33-41)48-26-22-42(34-58(48)64-54)60(38-13-5-2-6-14-38)40-20-24-46-44-16-8-10-18-52(44)62-56(46)32-40;23-13-1-3-15-17-5-11-8-20-18(16-4-2-14(24)10-22(16)26-20)6-12(11)7-19(17)25-21(15)9-13;1-2-6-14(7-3-1)12-15-10-11-17-16-8-4-5-9-18(16)20-19(17)13-15/h1-34H;1-10H;1-11,13H,12H2. The van der Waals surface area contributed by atoms with Gasteiger partial charge in [-0.1, -0.05) is 157 Å². The molecule has 7 heterocycles. The van der Waals surface area contributed by atoms with Crippen LogP contribution < -0.4 is 9.80 Å². The molecule has 0 radical (unpaired) electrons. The summed E-state index contributed by atoms with van der Waals surface area (Å²) in [4.78, 5) is 4.50. The summed E-state index contributed by atoms with van der Waals surface area (Å²) in [6.45, 7) is 0. The van der Waals surface area contributed by atoms with Crippen LogP contribution in [0.3, 0.4) is 0 Å². The monoisotopic (exact) mass is 1460 g/mol. The second kappa shape index (κ2) is 25.4. The molecule has 0 fully saturated rings. The van der Waals surface area contributed by atoms with Crippen molar-refractivity contribution in [2.75, 3.05) is 9.80 Å². The Labute approximate surface area is 636 Å². The molecule has 0 saturated heterocycles. The lowest BCUT2D eigenvalue weighted by molar-refractivity contribution is 0.668. The van der Waals surface area contributed by atoms with Crippen molar-refractivity contribution in [3.63, 3.8) is 0 Å². The van der Waals surface area contributed by atoms with E-state index in [9.17, 15) is 0 Å². The van der Waals surface area contributed by atoms with E-state index in [0.29, 0.717) is 10.0 Å². The highest BCUT2D eigenvalue weighted by atomic mass is 35.5. The predicted octanol–water partition coefficient (Wildman–Crippen LogP) is 30.5. The summed E-state index contributed by atoms with van der Waals surface area (Å²) in [6.07, 6.45) is 0.938. The van der Waals surface area contributed by atoms with E-state index < -0.39 is 0 Å². The molecule has 11 heteroatoms. The van der Waals surface area contributed by atoms with Gasteiger partial charge in [0.05, 0.1) is 0 Å². The minimum absolute atomic E-state index is 0.670. The van der Waals surface area contributed by atoms with Gasteiger partial charge in [-0.15, -0.1) is 0 Å². The third-order valence-electron chi connectivity index (χ3n) is 21.4. The highest BCUT2D eigenvalue weighted by Gasteiger charge is 2.22. The third-order valence-corrected chi connectivity index (χ3v) is 21.9. The lowest BCUT2D eigenvalue weighted by Gasteiger charge is -2.25. The molecule has 0 unspecified atom stereocenters. The van der Waals surface area contributed by atoms with Gasteiger partial charge in [-0.3, -0.25) is 0 Å². The highest BCUT2D eigenvalue weighted by molar-refractivity contribution is 6.32. The normalized spacial score (nSPS) is 11.9. The number of halogens is 2. The second-order valence-electron chi connectivity index (χ2n) is 28.1. The molecule has 0 amide bonds. The van der Waals surface area contributed by atoms with Gasteiger partial charge in [-0.25, -0.2) is 0 Å². The van der Waals surface area contributed by atoms with Crippen molar-refractivity contribution >= 4 is 232 Å². The van der Waals surface area contributed by atoms with Crippen LogP contribution in [0.15, 0.2) is 371 Å². The quantitative estimate of drug-likeness (QED) is 0.147. The van der Waals surface area contributed by atoms with Crippen molar-refractivity contribution in [3.05, 3.63) is 361 Å². The van der Waals surface area contributed by atoms with E-state index in [2.05, 4.69) is 246 Å². The molecule has 0 bridgehead atoms. The lowest BCUT2D eigenvalue weighted by atomic mass is 10.0. The molecule has 24 rings (SSSR count). The zero-order valence-corrected chi connectivity index (χ0v) is 60.1. The van der Waals surface area contributed by atoms with E-state index in [1.165, 1.54) is 21.9 Å². The SMILES string of the molecule is Clc1ccc2c(c1)oc1cc3cc4c(cc3cc12)oc1cc(Cl)ccc14.c1ccc(Cc2ccc3c(c2)oc2ccccc23)cc1.c1ccc(N(c2ccc3c(c2)oc2ccccc23)c2ccc3c(c2)oc2cc4cc5c(cc4cc23)oc2cc(N(c3ccccc3)c3ccc4c(c3)oc3ccccc34)ccc25)cc1. The molecule has 0 aliphatic carbocycles. The smallest absolute Gasteiger partial charge is 0.137 e. The van der Waals surface area contributed by atoms with Crippen LogP contribution in [0.4, 0.5) is 34.1 Å². The fourth-order valence-electron chi connectivity index (χ4n) is 16.3. The summed E-state index contributed by atoms with van der Waals surface area (Å²) >= 11 is 12.2. The van der Waals surface area contributed by atoms with Gasteiger partial charge in [0.2, 0.25) is 0 Å². The summed E-state index contributed by atoms with van der Waals surface area (Å²) in [5, 5.41) is 21.0. The molecule has 520 valence electrons. The Morgan fingerprint density at radius 1 is 0.173 bits per heavy atom. The van der Waals surface area contributed by atoms with Crippen LogP contribution in [-0.2, 0) is 6.42 Å². The molecule has 9 nitrogen and oxygen atoms in total. The van der Waals surface area contributed by atoms with E-state index in [0.717, 1.165) is 205 Å². The van der Waals surface area contributed by atoms with Crippen LogP contribution in [0.25, 0.3) is 175 Å². The Morgan fingerprint density at radius 3 is 0.782 bits per heavy atom. The van der Waals surface area contributed by atoms with E-state index in [-0.39, 0.29) is 0 Å². The number of anilines is 6. The minimum Gasteiger partial charge on any atom is -0.456 e. The van der Waals surface area contributed by atoms with Crippen molar-refractivity contribution in [1.82, 2.24) is 0 Å². The van der Waals surface area contributed by atoms with Gasteiger partial charge in [0.1, 0.15) is 78.2 Å². The van der Waals surface area contributed by atoms with Crippen LogP contribution in [0, 0.1) is 0 Å². The molecule has 17 aromatic carbocycles. The molecule has 7 aromatic heterocycles. The average molecular weight is 1460 g/mol. The zero-order chi connectivity index (χ0) is 72.7. The molecule has 0 spiro atoms. The van der Waals surface area contributed by atoms with E-state index in [1.807, 2.05) is 103 Å². The van der Waals surface area contributed by atoms with Crippen LogP contribution in [0.5, 0.6) is 0 Å². The fraction of sp³-hybridized carbons (Fsp3) is 0.0101. The average Bonchev–Trinajstić information content (AvgIpc) is 1.66. The summed E-state index contributed by atoms with van der Waals surface area (Å²) in [7, 11) is 0. The zero-order valence-electron chi connectivity index (χ0n) is 58.5. The molecule has 0 aliphatic heterocycles. The Morgan fingerprint density at radius 2 is 0.427 bits per heavy atom. The van der Waals surface area contributed by atoms with E-state index >= 15 is 0 Å². The molecule has 0 atom stereocenters. The van der Waals surface area contributed by atoms with Crippen LogP contribution >= 0.6 is 23.2 Å². The first-order valence-electron chi connectivity index (χ1n) is 36.5. The number of nitrogens with zero attached hydrogens (tertiary/aromatic N) is 2. The first kappa shape index (κ1) is 63.3. The number of fused-ring (bicyclic) bond motifs is 23. The van der Waals surface area contributed by atoms with E-state index in [4.69, 9.17) is 54.1 Å². The number of furan rings is 7. The minimum atomic E-state index is 0.670. The van der Waals surface area contributed by atoms with Gasteiger partial charge in [0.15, 0.2) is 0 Å². The Hall–Kier alpha value is -14.0. The molecular formula is C99H58Cl2N2O7. The summed E-state index contributed by atoms with van der Waals surface area (Å²) in [5.74, 6) is 0. The number of hydrogen-bond acceptors (Lipinski definition) is 9. The molecule has 110 heavy (non-hydrogen) atoms. The summed E-state index contributed by atoms with van der Waals surface area (Å²) in [6, 6.07) is 117. The van der Waals surface area contributed by atoms with E-state index in [1.54, 1.807) is 0 Å². The van der Waals surface area contributed by atoms with Gasteiger partial charge in [-0.2, -0.15) is 0 Å². The maximum Gasteiger partial charge on any atom is 0.137 e. The number of benzene rings is 17. The Balaban J connectivity index is 0.000000131. The maximum atomic E-state index is 6.70. The fourth-order valence-corrected chi connectivity index (χ4v) is 16.6. The topological polar surface area (TPSA) is 98.5 Å². The first-order valence-corrected chi connectivity index (χ1v) is 37.3. The predicted molar refractivity (Wildman–Crippen MR) is 454 cm³/mol. The van der Waals surface area contributed by atoms with Crippen molar-refractivity contribution < 1.29 is 30.9 Å². The van der Waals surface area contributed by atoms with Gasteiger partial charge < -0.3 is 40.7 Å². The lowest BCUT2D eigenvalue weighted by Crippen LogP contribution is -2.09. The molecule has 24 aromatic rings. The number of para-hydroxylation sites is 5. The molecule has 0 aliphatic rings. The van der Waals surface area contributed by atoms with Crippen LogP contribution in [0.2, 0.25) is 10.0 Å².